The standard InChI is InChI=1S/C12H13FN2S/c1-8-7-16-12(15-8)11(6-14)9-2-4-10(13)5-3-9/h2-5,7,11H,6,14H2,1H3. The predicted molar refractivity (Wildman–Crippen MR) is 64.1 cm³/mol. The molecule has 1 heterocycles. The van der Waals surface area contributed by atoms with Gasteiger partial charge in [0.1, 0.15) is 10.8 Å². The number of nitrogens with zero attached hydrogens (tertiary/aromatic N) is 1. The summed E-state index contributed by atoms with van der Waals surface area (Å²) in [5.41, 5.74) is 7.77. The van der Waals surface area contributed by atoms with Crippen LogP contribution in [0, 0.1) is 12.7 Å². The van der Waals surface area contributed by atoms with Crippen LogP contribution in [0.2, 0.25) is 0 Å². The summed E-state index contributed by atoms with van der Waals surface area (Å²) < 4.78 is 12.8. The zero-order valence-corrected chi connectivity index (χ0v) is 9.80. The summed E-state index contributed by atoms with van der Waals surface area (Å²) in [5, 5.41) is 2.99. The molecule has 2 aromatic rings. The number of nitrogens with two attached hydrogens (primary N) is 1. The molecule has 0 amide bonds. The van der Waals surface area contributed by atoms with E-state index in [9.17, 15) is 4.39 Å². The van der Waals surface area contributed by atoms with Crippen LogP contribution < -0.4 is 5.73 Å². The van der Waals surface area contributed by atoms with Crippen molar-refractivity contribution in [2.75, 3.05) is 6.54 Å². The van der Waals surface area contributed by atoms with Crippen LogP contribution in [0.4, 0.5) is 4.39 Å². The van der Waals surface area contributed by atoms with Gasteiger partial charge in [-0.1, -0.05) is 12.1 Å². The molecule has 2 N–H and O–H groups in total. The third-order valence-corrected chi connectivity index (χ3v) is 3.52. The Morgan fingerprint density at radius 1 is 1.38 bits per heavy atom. The Labute approximate surface area is 97.9 Å². The number of benzene rings is 1. The minimum atomic E-state index is -0.227. The lowest BCUT2D eigenvalue weighted by molar-refractivity contribution is 0.626. The van der Waals surface area contributed by atoms with E-state index in [1.807, 2.05) is 12.3 Å². The van der Waals surface area contributed by atoms with Crippen molar-refractivity contribution in [3.05, 3.63) is 51.7 Å². The molecule has 1 aromatic carbocycles. The molecule has 1 unspecified atom stereocenters. The monoisotopic (exact) mass is 236 g/mol. The third-order valence-electron chi connectivity index (χ3n) is 2.44. The summed E-state index contributed by atoms with van der Waals surface area (Å²) >= 11 is 1.60. The molecule has 0 saturated heterocycles. The lowest BCUT2D eigenvalue weighted by atomic mass is 10.00. The van der Waals surface area contributed by atoms with Gasteiger partial charge >= 0.3 is 0 Å². The Balaban J connectivity index is 2.32. The van der Waals surface area contributed by atoms with E-state index in [-0.39, 0.29) is 11.7 Å². The molecule has 4 heteroatoms. The van der Waals surface area contributed by atoms with E-state index in [2.05, 4.69) is 4.98 Å². The molecular weight excluding hydrogens is 223 g/mol. The zero-order valence-electron chi connectivity index (χ0n) is 8.98. The SMILES string of the molecule is Cc1csc(C(CN)c2ccc(F)cc2)n1. The van der Waals surface area contributed by atoms with Crippen molar-refractivity contribution in [3.63, 3.8) is 0 Å². The second kappa shape index (κ2) is 4.72. The van der Waals surface area contributed by atoms with Crippen LogP contribution in [0.25, 0.3) is 0 Å². The first-order valence-electron chi connectivity index (χ1n) is 5.08. The Bertz CT molecular complexity index is 464. The Morgan fingerprint density at radius 2 is 2.06 bits per heavy atom. The van der Waals surface area contributed by atoms with Gasteiger partial charge < -0.3 is 5.73 Å². The normalized spacial score (nSPS) is 12.7. The summed E-state index contributed by atoms with van der Waals surface area (Å²) in [6.45, 7) is 2.44. The molecule has 0 radical (unpaired) electrons. The number of aromatic nitrogens is 1. The van der Waals surface area contributed by atoms with E-state index in [0.29, 0.717) is 6.54 Å². The summed E-state index contributed by atoms with van der Waals surface area (Å²) in [5.74, 6) is -0.158. The number of thiazole rings is 1. The average molecular weight is 236 g/mol. The van der Waals surface area contributed by atoms with Crippen LogP contribution in [0.15, 0.2) is 29.6 Å². The quantitative estimate of drug-likeness (QED) is 0.889. The number of halogens is 1. The van der Waals surface area contributed by atoms with E-state index in [1.54, 1.807) is 23.5 Å². The molecular formula is C12H13FN2S. The van der Waals surface area contributed by atoms with Crippen molar-refractivity contribution in [3.8, 4) is 0 Å². The number of hydrogen-bond donors (Lipinski definition) is 1. The minimum absolute atomic E-state index is 0.0688. The molecule has 0 spiro atoms. The largest absolute Gasteiger partial charge is 0.329 e. The van der Waals surface area contributed by atoms with Crippen LogP contribution in [0.1, 0.15) is 22.2 Å². The summed E-state index contributed by atoms with van der Waals surface area (Å²) in [6, 6.07) is 6.45. The fourth-order valence-corrected chi connectivity index (χ4v) is 2.54. The average Bonchev–Trinajstić information content (AvgIpc) is 2.69. The summed E-state index contributed by atoms with van der Waals surface area (Å²) in [7, 11) is 0. The number of hydrogen-bond acceptors (Lipinski definition) is 3. The van der Waals surface area contributed by atoms with Crippen molar-refractivity contribution in [2.24, 2.45) is 5.73 Å². The van der Waals surface area contributed by atoms with Gasteiger partial charge in [-0.2, -0.15) is 0 Å². The van der Waals surface area contributed by atoms with E-state index >= 15 is 0 Å². The second-order valence-corrected chi connectivity index (χ2v) is 4.56. The van der Waals surface area contributed by atoms with Gasteiger partial charge in [0, 0.05) is 23.5 Å². The smallest absolute Gasteiger partial charge is 0.123 e. The van der Waals surface area contributed by atoms with Gasteiger partial charge in [0.25, 0.3) is 0 Å². The predicted octanol–water partition coefficient (Wildman–Crippen LogP) is 2.68. The van der Waals surface area contributed by atoms with Crippen molar-refractivity contribution >= 4 is 11.3 Å². The molecule has 0 fully saturated rings. The highest BCUT2D eigenvalue weighted by atomic mass is 32.1. The maximum absolute atomic E-state index is 12.8. The first-order chi connectivity index (χ1) is 7.70. The fraction of sp³-hybridized carbons (Fsp3) is 0.250. The highest BCUT2D eigenvalue weighted by molar-refractivity contribution is 7.09. The summed E-state index contributed by atoms with van der Waals surface area (Å²) in [6.07, 6.45) is 0. The van der Waals surface area contributed by atoms with Crippen LogP contribution >= 0.6 is 11.3 Å². The van der Waals surface area contributed by atoms with Gasteiger partial charge in [0.05, 0.1) is 0 Å². The molecule has 1 aromatic heterocycles. The highest BCUT2D eigenvalue weighted by Crippen LogP contribution is 2.26. The highest BCUT2D eigenvalue weighted by Gasteiger charge is 2.15. The maximum Gasteiger partial charge on any atom is 0.123 e. The first kappa shape index (κ1) is 11.2. The van der Waals surface area contributed by atoms with Crippen molar-refractivity contribution in [1.82, 2.24) is 4.98 Å². The fourth-order valence-electron chi connectivity index (χ4n) is 1.61. The lowest BCUT2D eigenvalue weighted by Crippen LogP contribution is -2.13. The molecule has 0 saturated carbocycles. The van der Waals surface area contributed by atoms with E-state index < -0.39 is 0 Å². The topological polar surface area (TPSA) is 38.9 Å². The van der Waals surface area contributed by atoms with Crippen molar-refractivity contribution in [2.45, 2.75) is 12.8 Å². The first-order valence-corrected chi connectivity index (χ1v) is 5.96. The molecule has 16 heavy (non-hydrogen) atoms. The number of rotatable bonds is 3. The summed E-state index contributed by atoms with van der Waals surface area (Å²) in [4.78, 5) is 4.43. The van der Waals surface area contributed by atoms with Crippen LogP contribution in [-0.2, 0) is 0 Å². The maximum atomic E-state index is 12.8. The Hall–Kier alpha value is -1.26. The molecule has 0 aliphatic rings. The molecule has 2 nitrogen and oxygen atoms in total. The van der Waals surface area contributed by atoms with Gasteiger partial charge in [-0.15, -0.1) is 11.3 Å². The van der Waals surface area contributed by atoms with Gasteiger partial charge in [-0.3, -0.25) is 0 Å². The third kappa shape index (κ3) is 2.28. The van der Waals surface area contributed by atoms with E-state index in [4.69, 9.17) is 5.73 Å². The zero-order chi connectivity index (χ0) is 11.5. The Kier molecular flexibility index (Phi) is 3.31. The molecule has 0 aliphatic heterocycles. The van der Waals surface area contributed by atoms with Crippen molar-refractivity contribution in [1.29, 1.82) is 0 Å². The van der Waals surface area contributed by atoms with Crippen molar-refractivity contribution < 1.29 is 4.39 Å². The van der Waals surface area contributed by atoms with Crippen LogP contribution in [0.5, 0.6) is 0 Å². The molecule has 0 bridgehead atoms. The van der Waals surface area contributed by atoms with Crippen LogP contribution in [-0.4, -0.2) is 11.5 Å². The van der Waals surface area contributed by atoms with Gasteiger partial charge in [0.2, 0.25) is 0 Å². The molecule has 84 valence electrons. The van der Waals surface area contributed by atoms with E-state index in [0.717, 1.165) is 16.3 Å². The molecule has 0 aliphatic carbocycles. The second-order valence-electron chi connectivity index (χ2n) is 3.67. The van der Waals surface area contributed by atoms with E-state index in [1.165, 1.54) is 12.1 Å². The van der Waals surface area contributed by atoms with Gasteiger partial charge in [-0.05, 0) is 24.6 Å². The lowest BCUT2D eigenvalue weighted by Gasteiger charge is -2.11. The molecule has 1 atom stereocenters. The minimum Gasteiger partial charge on any atom is -0.329 e. The molecule has 2 rings (SSSR count). The number of aryl methyl sites for hydroxylation is 1. The Morgan fingerprint density at radius 3 is 2.56 bits per heavy atom. The van der Waals surface area contributed by atoms with Gasteiger partial charge in [0.15, 0.2) is 0 Å². The van der Waals surface area contributed by atoms with Crippen LogP contribution in [0.3, 0.4) is 0 Å². The van der Waals surface area contributed by atoms with Gasteiger partial charge in [-0.25, -0.2) is 9.37 Å².